The maximum Gasteiger partial charge on any atom is 0.231 e. The fraction of sp³-hybridized carbons (Fsp3) is 0.364. The SMILES string of the molecule is O=C(NCCCc1ccccc1)C1CC1C(=O)NCc1ccc2c(c1)OCO2. The number of benzene rings is 2. The van der Waals surface area contributed by atoms with Crippen LogP contribution in [0.15, 0.2) is 48.5 Å². The van der Waals surface area contributed by atoms with Gasteiger partial charge in [-0.1, -0.05) is 36.4 Å². The summed E-state index contributed by atoms with van der Waals surface area (Å²) in [5.74, 6) is 0.919. The highest BCUT2D eigenvalue weighted by molar-refractivity contribution is 5.92. The smallest absolute Gasteiger partial charge is 0.231 e. The number of fused-ring (bicyclic) bond motifs is 1. The number of amides is 2. The minimum atomic E-state index is -0.219. The lowest BCUT2D eigenvalue weighted by Gasteiger charge is -2.07. The molecule has 2 atom stereocenters. The van der Waals surface area contributed by atoms with Crippen LogP contribution in [0.3, 0.4) is 0 Å². The van der Waals surface area contributed by atoms with Gasteiger partial charge >= 0.3 is 0 Å². The molecule has 2 unspecified atom stereocenters. The Hall–Kier alpha value is -3.02. The summed E-state index contributed by atoms with van der Waals surface area (Å²) in [6.45, 7) is 1.28. The number of hydrogen-bond acceptors (Lipinski definition) is 4. The summed E-state index contributed by atoms with van der Waals surface area (Å²) in [7, 11) is 0. The van der Waals surface area contributed by atoms with Gasteiger partial charge in [0.25, 0.3) is 0 Å². The van der Waals surface area contributed by atoms with Gasteiger partial charge in [0, 0.05) is 13.1 Å². The van der Waals surface area contributed by atoms with E-state index >= 15 is 0 Å². The van der Waals surface area contributed by atoms with Gasteiger partial charge in [0.2, 0.25) is 18.6 Å². The van der Waals surface area contributed by atoms with Crippen molar-refractivity contribution in [2.45, 2.75) is 25.8 Å². The molecule has 0 bridgehead atoms. The zero-order valence-corrected chi connectivity index (χ0v) is 15.6. The molecular formula is C22H24N2O4. The number of carbonyl (C=O) groups excluding carboxylic acids is 2. The molecule has 146 valence electrons. The molecule has 1 saturated carbocycles. The molecule has 6 nitrogen and oxygen atoms in total. The monoisotopic (exact) mass is 380 g/mol. The molecule has 0 aromatic heterocycles. The van der Waals surface area contributed by atoms with Crippen LogP contribution in [0.25, 0.3) is 0 Å². The van der Waals surface area contributed by atoms with Crippen LogP contribution in [-0.2, 0) is 22.6 Å². The minimum absolute atomic E-state index is 0.0173. The summed E-state index contributed by atoms with van der Waals surface area (Å²) in [5, 5.41) is 5.86. The Morgan fingerprint density at radius 3 is 2.46 bits per heavy atom. The second kappa shape index (κ2) is 8.33. The second-order valence-corrected chi connectivity index (χ2v) is 7.23. The Morgan fingerprint density at radius 1 is 0.893 bits per heavy atom. The van der Waals surface area contributed by atoms with Crippen LogP contribution in [-0.4, -0.2) is 25.2 Å². The van der Waals surface area contributed by atoms with Crippen molar-refractivity contribution in [1.29, 1.82) is 0 Å². The average Bonchev–Trinajstić information content (AvgIpc) is 3.40. The van der Waals surface area contributed by atoms with E-state index in [9.17, 15) is 9.59 Å². The maximum absolute atomic E-state index is 12.3. The van der Waals surface area contributed by atoms with E-state index in [1.54, 1.807) is 0 Å². The number of nitrogens with one attached hydrogen (secondary N) is 2. The third-order valence-corrected chi connectivity index (χ3v) is 5.15. The summed E-state index contributed by atoms with van der Waals surface area (Å²) < 4.78 is 10.6. The number of carbonyl (C=O) groups is 2. The molecule has 0 saturated heterocycles. The van der Waals surface area contributed by atoms with Crippen molar-refractivity contribution in [3.8, 4) is 11.5 Å². The van der Waals surface area contributed by atoms with Gasteiger partial charge in [-0.05, 0) is 42.5 Å². The summed E-state index contributed by atoms with van der Waals surface area (Å²) in [6, 6.07) is 15.8. The fourth-order valence-electron chi connectivity index (χ4n) is 3.43. The number of hydrogen-bond donors (Lipinski definition) is 2. The molecule has 2 aromatic carbocycles. The van der Waals surface area contributed by atoms with Gasteiger partial charge < -0.3 is 20.1 Å². The van der Waals surface area contributed by atoms with Gasteiger partial charge in [-0.15, -0.1) is 0 Å². The second-order valence-electron chi connectivity index (χ2n) is 7.23. The molecule has 2 aliphatic rings. The van der Waals surface area contributed by atoms with E-state index in [0.29, 0.717) is 25.3 Å². The van der Waals surface area contributed by atoms with Gasteiger partial charge in [0.15, 0.2) is 11.5 Å². The molecule has 4 rings (SSSR count). The summed E-state index contributed by atoms with van der Waals surface area (Å²) in [6.07, 6.45) is 2.45. The Labute approximate surface area is 164 Å². The van der Waals surface area contributed by atoms with E-state index in [1.807, 2.05) is 36.4 Å². The van der Waals surface area contributed by atoms with E-state index in [-0.39, 0.29) is 30.4 Å². The van der Waals surface area contributed by atoms with Crippen molar-refractivity contribution in [2.24, 2.45) is 11.8 Å². The quantitative estimate of drug-likeness (QED) is 0.690. The maximum atomic E-state index is 12.3. The number of aryl methyl sites for hydroxylation is 1. The van der Waals surface area contributed by atoms with Crippen LogP contribution in [0.2, 0.25) is 0 Å². The van der Waals surface area contributed by atoms with E-state index in [1.165, 1.54) is 5.56 Å². The molecule has 1 fully saturated rings. The standard InChI is InChI=1S/C22H24N2O4/c25-21(23-10-4-7-15-5-2-1-3-6-15)17-12-18(17)22(26)24-13-16-8-9-19-20(11-16)28-14-27-19/h1-3,5-6,8-9,11,17-18H,4,7,10,12-14H2,(H,23,25)(H,24,26). The lowest BCUT2D eigenvalue weighted by molar-refractivity contribution is -0.127. The predicted molar refractivity (Wildman–Crippen MR) is 104 cm³/mol. The molecule has 28 heavy (non-hydrogen) atoms. The van der Waals surface area contributed by atoms with E-state index in [0.717, 1.165) is 24.2 Å². The third kappa shape index (κ3) is 4.44. The molecular weight excluding hydrogens is 356 g/mol. The Bertz CT molecular complexity index is 853. The Balaban J connectivity index is 1.15. The normalized spacial score (nSPS) is 19.1. The average molecular weight is 380 g/mol. The molecule has 1 aliphatic heterocycles. The van der Waals surface area contributed by atoms with E-state index in [4.69, 9.17) is 9.47 Å². The molecule has 2 N–H and O–H groups in total. The van der Waals surface area contributed by atoms with Crippen molar-refractivity contribution in [1.82, 2.24) is 10.6 Å². The number of rotatable bonds is 8. The molecule has 0 radical (unpaired) electrons. The van der Waals surface area contributed by atoms with Crippen LogP contribution >= 0.6 is 0 Å². The topological polar surface area (TPSA) is 76.7 Å². The lowest BCUT2D eigenvalue weighted by atomic mass is 10.1. The van der Waals surface area contributed by atoms with Crippen molar-refractivity contribution >= 4 is 11.8 Å². The Kier molecular flexibility index (Phi) is 5.46. The minimum Gasteiger partial charge on any atom is -0.454 e. The highest BCUT2D eigenvalue weighted by Gasteiger charge is 2.47. The first-order chi connectivity index (χ1) is 13.7. The fourth-order valence-corrected chi connectivity index (χ4v) is 3.43. The third-order valence-electron chi connectivity index (χ3n) is 5.15. The first kappa shape index (κ1) is 18.3. The van der Waals surface area contributed by atoms with Crippen LogP contribution in [0.5, 0.6) is 11.5 Å². The van der Waals surface area contributed by atoms with E-state index in [2.05, 4.69) is 22.8 Å². The van der Waals surface area contributed by atoms with Crippen LogP contribution in [0.1, 0.15) is 24.0 Å². The van der Waals surface area contributed by atoms with Gasteiger partial charge in [-0.25, -0.2) is 0 Å². The largest absolute Gasteiger partial charge is 0.454 e. The van der Waals surface area contributed by atoms with Gasteiger partial charge in [0.05, 0.1) is 11.8 Å². The van der Waals surface area contributed by atoms with Crippen molar-refractivity contribution in [3.63, 3.8) is 0 Å². The molecule has 0 spiro atoms. The number of ether oxygens (including phenoxy) is 2. The Morgan fingerprint density at radius 2 is 1.64 bits per heavy atom. The highest BCUT2D eigenvalue weighted by atomic mass is 16.7. The summed E-state index contributed by atoms with van der Waals surface area (Å²) >= 11 is 0. The molecule has 1 aliphatic carbocycles. The molecule has 6 heteroatoms. The summed E-state index contributed by atoms with van der Waals surface area (Å²) in [5.41, 5.74) is 2.21. The van der Waals surface area contributed by atoms with Gasteiger partial charge in [-0.2, -0.15) is 0 Å². The zero-order valence-electron chi connectivity index (χ0n) is 15.6. The van der Waals surface area contributed by atoms with E-state index < -0.39 is 0 Å². The van der Waals surface area contributed by atoms with Crippen molar-refractivity contribution in [2.75, 3.05) is 13.3 Å². The van der Waals surface area contributed by atoms with Gasteiger partial charge in [-0.3, -0.25) is 9.59 Å². The van der Waals surface area contributed by atoms with Gasteiger partial charge in [0.1, 0.15) is 0 Å². The van der Waals surface area contributed by atoms with Crippen LogP contribution in [0.4, 0.5) is 0 Å². The highest BCUT2D eigenvalue weighted by Crippen LogP contribution is 2.39. The first-order valence-electron chi connectivity index (χ1n) is 9.68. The lowest BCUT2D eigenvalue weighted by Crippen LogP contribution is -2.30. The van der Waals surface area contributed by atoms with Crippen LogP contribution < -0.4 is 20.1 Å². The first-order valence-corrected chi connectivity index (χ1v) is 9.68. The predicted octanol–water partition coefficient (Wildman–Crippen LogP) is 2.42. The molecule has 1 heterocycles. The summed E-state index contributed by atoms with van der Waals surface area (Å²) in [4.78, 5) is 24.5. The van der Waals surface area contributed by atoms with Crippen molar-refractivity contribution < 1.29 is 19.1 Å². The molecule has 2 amide bonds. The van der Waals surface area contributed by atoms with Crippen molar-refractivity contribution in [3.05, 3.63) is 59.7 Å². The van der Waals surface area contributed by atoms with Crippen LogP contribution in [0, 0.1) is 11.8 Å². The zero-order chi connectivity index (χ0) is 19.3. The molecule has 2 aromatic rings.